The summed E-state index contributed by atoms with van der Waals surface area (Å²) in [5.41, 5.74) is -0.490. The van der Waals surface area contributed by atoms with Crippen molar-refractivity contribution >= 4 is 18.3 Å². The first-order chi connectivity index (χ1) is 14.3. The van der Waals surface area contributed by atoms with Gasteiger partial charge in [-0.15, -0.1) is 0 Å². The molecule has 0 aromatic carbocycles. The molecule has 2 heterocycles. The quantitative estimate of drug-likeness (QED) is 0.703. The molecule has 170 valence electrons. The van der Waals surface area contributed by atoms with Crippen LogP contribution in [0.4, 0.5) is 18.0 Å². The molecule has 1 aromatic heterocycles. The maximum absolute atomic E-state index is 12.5. The lowest BCUT2D eigenvalue weighted by Crippen LogP contribution is -2.67. The Labute approximate surface area is 177 Å². The first kappa shape index (κ1) is 22.8. The molecule has 0 bridgehead atoms. The van der Waals surface area contributed by atoms with Gasteiger partial charge in [0.25, 0.3) is 0 Å². The molecule has 0 atom stereocenters. The van der Waals surface area contributed by atoms with Crippen LogP contribution in [-0.4, -0.2) is 59.1 Å². The summed E-state index contributed by atoms with van der Waals surface area (Å²) in [5, 5.41) is 2.55. The van der Waals surface area contributed by atoms with Gasteiger partial charge in [-0.05, 0) is 45.7 Å². The average Bonchev–Trinajstić information content (AvgIpc) is 2.58. The Hall–Kier alpha value is -2.85. The van der Waals surface area contributed by atoms with Crippen molar-refractivity contribution in [2.75, 3.05) is 13.1 Å². The number of nitrogens with one attached hydrogen (secondary N) is 1. The molecule has 3 rings (SSSR count). The van der Waals surface area contributed by atoms with Crippen LogP contribution in [0.25, 0.3) is 0 Å². The molecule has 0 unspecified atom stereocenters. The van der Waals surface area contributed by atoms with Gasteiger partial charge in [0, 0.05) is 18.5 Å². The van der Waals surface area contributed by atoms with Crippen molar-refractivity contribution in [2.24, 2.45) is 5.41 Å². The number of aldehydes is 1. The fourth-order valence-electron chi connectivity index (χ4n) is 3.78. The van der Waals surface area contributed by atoms with Gasteiger partial charge in [0.15, 0.2) is 6.29 Å². The minimum Gasteiger partial charge on any atom is -0.488 e. The van der Waals surface area contributed by atoms with Crippen LogP contribution in [-0.2, 0) is 16.1 Å². The number of amides is 2. The maximum atomic E-state index is 12.5. The van der Waals surface area contributed by atoms with E-state index in [2.05, 4.69) is 10.3 Å². The van der Waals surface area contributed by atoms with E-state index in [1.165, 1.54) is 0 Å². The standard InChI is InChI=1S/C20H24F3N3O5/c1-18(2,3)31-17(29)24-8-12-4-5-15(14(9-27)25-12)30-13-6-19(7-13)10-26(11-19)16(28)20(21,22)23/h4-5,9,13H,6-8,10-11H2,1-3H3,(H,24,29). The fourth-order valence-corrected chi connectivity index (χ4v) is 3.78. The number of nitrogens with zero attached hydrogens (tertiary/aromatic N) is 2. The second-order valence-electron chi connectivity index (χ2n) is 8.97. The molecule has 1 saturated carbocycles. The van der Waals surface area contributed by atoms with Gasteiger partial charge in [-0.2, -0.15) is 13.2 Å². The predicted molar refractivity (Wildman–Crippen MR) is 101 cm³/mol. The zero-order valence-corrected chi connectivity index (χ0v) is 17.4. The van der Waals surface area contributed by atoms with Gasteiger partial charge in [0.05, 0.1) is 12.2 Å². The number of likely N-dealkylation sites (tertiary alicyclic amines) is 1. The Kier molecular flexibility index (Phi) is 5.90. The Bertz CT molecular complexity index is 868. The number of hydrogen-bond donors (Lipinski definition) is 1. The molecular formula is C20H24F3N3O5. The van der Waals surface area contributed by atoms with Crippen LogP contribution in [0.5, 0.6) is 5.75 Å². The topological polar surface area (TPSA) is 97.8 Å². The van der Waals surface area contributed by atoms with E-state index in [1.54, 1.807) is 32.9 Å². The lowest BCUT2D eigenvalue weighted by Gasteiger charge is -2.58. The van der Waals surface area contributed by atoms with Crippen molar-refractivity contribution in [2.45, 2.75) is 58.0 Å². The molecule has 1 aliphatic heterocycles. The summed E-state index contributed by atoms with van der Waals surface area (Å²) in [6.07, 6.45) is -4.21. The third-order valence-electron chi connectivity index (χ3n) is 5.07. The second-order valence-corrected chi connectivity index (χ2v) is 8.97. The van der Waals surface area contributed by atoms with E-state index < -0.39 is 23.8 Å². The molecule has 1 saturated heterocycles. The zero-order chi connectivity index (χ0) is 23.0. The monoisotopic (exact) mass is 443 g/mol. The number of rotatable bonds is 5. The number of aromatic nitrogens is 1. The first-order valence-corrected chi connectivity index (χ1v) is 9.75. The SMILES string of the molecule is CC(C)(C)OC(=O)NCc1ccc(OC2CC3(C2)CN(C(=O)C(F)(F)F)C3)c(C=O)n1. The van der Waals surface area contributed by atoms with Gasteiger partial charge >= 0.3 is 18.2 Å². The van der Waals surface area contributed by atoms with Gasteiger partial charge in [0.2, 0.25) is 0 Å². The third-order valence-corrected chi connectivity index (χ3v) is 5.07. The van der Waals surface area contributed by atoms with Crippen LogP contribution in [0, 0.1) is 5.41 Å². The molecular weight excluding hydrogens is 419 g/mol. The van der Waals surface area contributed by atoms with E-state index in [1.807, 2.05) is 0 Å². The summed E-state index contributed by atoms with van der Waals surface area (Å²) in [6, 6.07) is 3.16. The Morgan fingerprint density at radius 2 is 1.90 bits per heavy atom. The van der Waals surface area contributed by atoms with Crippen LogP contribution in [0.1, 0.15) is 49.8 Å². The van der Waals surface area contributed by atoms with E-state index in [0.717, 1.165) is 4.90 Å². The van der Waals surface area contributed by atoms with Crippen LogP contribution >= 0.6 is 0 Å². The number of halogens is 3. The molecule has 1 aliphatic carbocycles. The highest BCUT2D eigenvalue weighted by Gasteiger charge is 2.58. The average molecular weight is 443 g/mol. The van der Waals surface area contributed by atoms with Gasteiger partial charge < -0.3 is 19.7 Å². The third kappa shape index (κ3) is 5.45. The number of ether oxygens (including phenoxy) is 2. The predicted octanol–water partition coefficient (Wildman–Crippen LogP) is 2.85. The van der Waals surface area contributed by atoms with E-state index >= 15 is 0 Å². The van der Waals surface area contributed by atoms with Gasteiger partial charge in [-0.1, -0.05) is 0 Å². The maximum Gasteiger partial charge on any atom is 0.471 e. The smallest absolute Gasteiger partial charge is 0.471 e. The Balaban J connectivity index is 1.49. The molecule has 2 amide bonds. The minimum atomic E-state index is -4.86. The molecule has 1 aromatic rings. The zero-order valence-electron chi connectivity index (χ0n) is 17.4. The van der Waals surface area contributed by atoms with E-state index in [-0.39, 0.29) is 42.6 Å². The van der Waals surface area contributed by atoms with Crippen LogP contribution in [0.15, 0.2) is 12.1 Å². The number of hydrogen-bond acceptors (Lipinski definition) is 6. The molecule has 2 fully saturated rings. The fraction of sp³-hybridized carbons (Fsp3) is 0.600. The molecule has 2 aliphatic rings. The second kappa shape index (κ2) is 8.01. The molecule has 1 spiro atoms. The van der Waals surface area contributed by atoms with Crippen molar-refractivity contribution in [1.29, 1.82) is 0 Å². The summed E-state index contributed by atoms with van der Waals surface area (Å²) < 4.78 is 48.3. The van der Waals surface area contributed by atoms with Crippen molar-refractivity contribution in [3.05, 3.63) is 23.5 Å². The highest BCUT2D eigenvalue weighted by Crippen LogP contribution is 2.50. The lowest BCUT2D eigenvalue weighted by atomic mass is 9.61. The number of pyridine rings is 1. The van der Waals surface area contributed by atoms with E-state index in [9.17, 15) is 27.6 Å². The molecule has 8 nitrogen and oxygen atoms in total. The molecule has 0 radical (unpaired) electrons. The van der Waals surface area contributed by atoms with Crippen molar-refractivity contribution in [3.8, 4) is 5.75 Å². The van der Waals surface area contributed by atoms with E-state index in [4.69, 9.17) is 9.47 Å². The Morgan fingerprint density at radius 3 is 2.45 bits per heavy atom. The van der Waals surface area contributed by atoms with Crippen molar-refractivity contribution in [1.82, 2.24) is 15.2 Å². The van der Waals surface area contributed by atoms with E-state index in [0.29, 0.717) is 24.8 Å². The highest BCUT2D eigenvalue weighted by molar-refractivity contribution is 5.82. The largest absolute Gasteiger partial charge is 0.488 e. The molecule has 1 N–H and O–H groups in total. The number of carbonyl (C=O) groups excluding carboxylic acids is 3. The molecule has 31 heavy (non-hydrogen) atoms. The highest BCUT2D eigenvalue weighted by atomic mass is 19.4. The number of alkyl halides is 3. The summed E-state index contributed by atoms with van der Waals surface area (Å²) in [7, 11) is 0. The summed E-state index contributed by atoms with van der Waals surface area (Å²) >= 11 is 0. The van der Waals surface area contributed by atoms with Gasteiger partial charge in [0.1, 0.15) is 23.1 Å². The normalized spacial score (nSPS) is 18.1. The first-order valence-electron chi connectivity index (χ1n) is 9.75. The Morgan fingerprint density at radius 1 is 1.26 bits per heavy atom. The summed E-state index contributed by atoms with van der Waals surface area (Å²) in [4.78, 5) is 39.3. The molecule has 11 heteroatoms. The number of carbonyl (C=O) groups is 3. The van der Waals surface area contributed by atoms with Gasteiger partial charge in [-0.3, -0.25) is 9.59 Å². The summed E-state index contributed by atoms with van der Waals surface area (Å²) in [6.45, 7) is 5.38. The minimum absolute atomic E-state index is 0.0548. The van der Waals surface area contributed by atoms with Crippen molar-refractivity contribution in [3.63, 3.8) is 0 Å². The van der Waals surface area contributed by atoms with Crippen molar-refractivity contribution < 1.29 is 37.0 Å². The van der Waals surface area contributed by atoms with Crippen LogP contribution in [0.3, 0.4) is 0 Å². The number of alkyl carbamates (subject to hydrolysis) is 1. The van der Waals surface area contributed by atoms with Gasteiger partial charge in [-0.25, -0.2) is 9.78 Å². The van der Waals surface area contributed by atoms with Crippen LogP contribution < -0.4 is 10.1 Å². The lowest BCUT2D eigenvalue weighted by molar-refractivity contribution is -0.205. The van der Waals surface area contributed by atoms with Crippen LogP contribution in [0.2, 0.25) is 0 Å². The summed E-state index contributed by atoms with van der Waals surface area (Å²) in [5.74, 6) is -1.55.